The maximum Gasteiger partial charge on any atom is 0.259 e. The molecule has 3 aromatic heterocycles. The number of aryl methyl sites for hydroxylation is 1. The third-order valence-electron chi connectivity index (χ3n) is 5.45. The van der Waals surface area contributed by atoms with Crippen LogP contribution in [-0.4, -0.2) is 31.2 Å². The number of fused-ring (bicyclic) bond motifs is 1. The molecule has 5 rings (SSSR count). The second-order valence-electron chi connectivity index (χ2n) is 7.30. The number of hydrogen-bond donors (Lipinski definition) is 1. The van der Waals surface area contributed by atoms with Crippen LogP contribution in [0, 0.1) is 5.92 Å². The van der Waals surface area contributed by atoms with Crippen LogP contribution in [0.25, 0.3) is 22.3 Å². The van der Waals surface area contributed by atoms with Crippen molar-refractivity contribution in [2.24, 2.45) is 13.0 Å². The van der Waals surface area contributed by atoms with E-state index in [1.807, 2.05) is 54.5 Å². The lowest BCUT2D eigenvalue weighted by atomic mass is 10.1. The summed E-state index contributed by atoms with van der Waals surface area (Å²) in [5.74, 6) is 2.88. The Hall–Kier alpha value is -3.35. The van der Waals surface area contributed by atoms with Crippen molar-refractivity contribution in [3.8, 4) is 17.1 Å². The van der Waals surface area contributed by atoms with Gasteiger partial charge in [-0.3, -0.25) is 4.79 Å². The van der Waals surface area contributed by atoms with E-state index in [0.29, 0.717) is 23.1 Å². The molecule has 0 saturated heterocycles. The highest BCUT2D eigenvalue weighted by molar-refractivity contribution is 5.83. The number of nitrogens with one attached hydrogen (secondary N) is 1. The smallest absolute Gasteiger partial charge is 0.259 e. The Morgan fingerprint density at radius 3 is 2.71 bits per heavy atom. The molecule has 28 heavy (non-hydrogen) atoms. The van der Waals surface area contributed by atoms with E-state index < -0.39 is 0 Å². The number of ether oxygens (including phenoxy) is 1. The molecule has 0 amide bonds. The number of imidazole rings is 2. The van der Waals surface area contributed by atoms with Crippen molar-refractivity contribution >= 4 is 10.9 Å². The van der Waals surface area contributed by atoms with Gasteiger partial charge in [0.25, 0.3) is 5.56 Å². The third kappa shape index (κ3) is 2.70. The Balaban J connectivity index is 1.66. The van der Waals surface area contributed by atoms with Crippen molar-refractivity contribution in [1.82, 2.24) is 24.1 Å². The van der Waals surface area contributed by atoms with Crippen LogP contribution in [0.3, 0.4) is 0 Å². The van der Waals surface area contributed by atoms with Crippen LogP contribution < -0.4 is 10.3 Å². The predicted octanol–water partition coefficient (Wildman–Crippen LogP) is 3.13. The minimum Gasteiger partial charge on any atom is -0.497 e. The van der Waals surface area contributed by atoms with Gasteiger partial charge >= 0.3 is 0 Å². The van der Waals surface area contributed by atoms with E-state index in [2.05, 4.69) is 19.5 Å². The zero-order valence-electron chi connectivity index (χ0n) is 15.8. The standard InChI is InChI=1S/C21H21N5O2/c1-25-9-7-23-20(25)18(13-3-4-13)26-10-8-22-19(26)16-11-14-5-6-15(28-2)12-17(14)24-21(16)27/h5-13,18H,3-4H2,1-2H3,(H,24,27). The van der Waals surface area contributed by atoms with Gasteiger partial charge < -0.3 is 18.9 Å². The minimum atomic E-state index is -0.164. The predicted molar refractivity (Wildman–Crippen MR) is 106 cm³/mol. The Morgan fingerprint density at radius 2 is 2.00 bits per heavy atom. The van der Waals surface area contributed by atoms with Crippen molar-refractivity contribution in [3.05, 3.63) is 65.2 Å². The first-order valence-electron chi connectivity index (χ1n) is 9.37. The Kier molecular flexibility index (Phi) is 3.82. The van der Waals surface area contributed by atoms with Crippen LogP contribution in [-0.2, 0) is 7.05 Å². The molecule has 1 N–H and O–H groups in total. The molecule has 1 unspecified atom stereocenters. The third-order valence-corrected chi connectivity index (χ3v) is 5.45. The van der Waals surface area contributed by atoms with Crippen LogP contribution in [0.15, 0.2) is 53.8 Å². The number of benzene rings is 1. The molecule has 4 aromatic rings. The van der Waals surface area contributed by atoms with Gasteiger partial charge in [-0.1, -0.05) is 0 Å². The van der Waals surface area contributed by atoms with Gasteiger partial charge in [-0.2, -0.15) is 0 Å². The fourth-order valence-corrected chi connectivity index (χ4v) is 3.86. The second kappa shape index (κ2) is 6.37. The van der Waals surface area contributed by atoms with Crippen LogP contribution in [0.5, 0.6) is 5.75 Å². The van der Waals surface area contributed by atoms with Gasteiger partial charge in [0.15, 0.2) is 0 Å². The van der Waals surface area contributed by atoms with E-state index in [4.69, 9.17) is 4.74 Å². The van der Waals surface area contributed by atoms with Crippen molar-refractivity contribution < 1.29 is 4.74 Å². The molecule has 1 fully saturated rings. The van der Waals surface area contributed by atoms with E-state index in [0.717, 1.165) is 29.6 Å². The fraction of sp³-hybridized carbons (Fsp3) is 0.286. The lowest BCUT2D eigenvalue weighted by molar-refractivity contribution is 0.415. The maximum atomic E-state index is 12.9. The zero-order chi connectivity index (χ0) is 19.3. The summed E-state index contributed by atoms with van der Waals surface area (Å²) in [5.41, 5.74) is 1.14. The van der Waals surface area contributed by atoms with Gasteiger partial charge in [-0.25, -0.2) is 9.97 Å². The first-order chi connectivity index (χ1) is 13.7. The molecule has 1 atom stereocenters. The zero-order valence-corrected chi connectivity index (χ0v) is 15.8. The molecule has 1 aromatic carbocycles. The molecule has 3 heterocycles. The van der Waals surface area contributed by atoms with Gasteiger partial charge in [-0.15, -0.1) is 0 Å². The number of rotatable bonds is 5. The molecule has 1 aliphatic rings. The summed E-state index contributed by atoms with van der Waals surface area (Å²) in [5, 5.41) is 0.935. The number of hydrogen-bond acceptors (Lipinski definition) is 4. The Labute approximate surface area is 161 Å². The van der Waals surface area contributed by atoms with Crippen LogP contribution in [0.1, 0.15) is 24.7 Å². The van der Waals surface area contributed by atoms with Crippen molar-refractivity contribution in [2.75, 3.05) is 7.11 Å². The highest BCUT2D eigenvalue weighted by Crippen LogP contribution is 2.44. The van der Waals surface area contributed by atoms with Crippen LogP contribution in [0.2, 0.25) is 0 Å². The highest BCUT2D eigenvalue weighted by atomic mass is 16.5. The average molecular weight is 375 g/mol. The van der Waals surface area contributed by atoms with Gasteiger partial charge in [0.05, 0.1) is 24.2 Å². The summed E-state index contributed by atoms with van der Waals surface area (Å²) in [6.07, 6.45) is 9.79. The Morgan fingerprint density at radius 1 is 1.18 bits per heavy atom. The fourth-order valence-electron chi connectivity index (χ4n) is 3.86. The summed E-state index contributed by atoms with van der Waals surface area (Å²) >= 11 is 0. The maximum absolute atomic E-state index is 12.9. The second-order valence-corrected chi connectivity index (χ2v) is 7.30. The van der Waals surface area contributed by atoms with E-state index in [1.165, 1.54) is 0 Å². The van der Waals surface area contributed by atoms with E-state index >= 15 is 0 Å². The van der Waals surface area contributed by atoms with Crippen LogP contribution >= 0.6 is 0 Å². The lowest BCUT2D eigenvalue weighted by Crippen LogP contribution is -2.20. The molecule has 1 aliphatic carbocycles. The molecular weight excluding hydrogens is 354 g/mol. The monoisotopic (exact) mass is 375 g/mol. The number of H-pyrrole nitrogens is 1. The van der Waals surface area contributed by atoms with E-state index in [-0.39, 0.29) is 11.6 Å². The number of methoxy groups -OCH3 is 1. The Bertz CT molecular complexity index is 1210. The van der Waals surface area contributed by atoms with Gasteiger partial charge in [0.2, 0.25) is 0 Å². The van der Waals surface area contributed by atoms with Gasteiger partial charge in [-0.05, 0) is 42.3 Å². The van der Waals surface area contributed by atoms with E-state index in [1.54, 1.807) is 13.3 Å². The molecule has 7 heteroatoms. The molecule has 7 nitrogen and oxygen atoms in total. The molecule has 0 bridgehead atoms. The molecule has 0 spiro atoms. The van der Waals surface area contributed by atoms with Crippen molar-refractivity contribution in [1.29, 1.82) is 0 Å². The normalized spacial score (nSPS) is 15.1. The molecule has 0 aliphatic heterocycles. The molecular formula is C21H21N5O2. The summed E-state index contributed by atoms with van der Waals surface area (Å²) < 4.78 is 9.40. The number of aromatic nitrogens is 5. The van der Waals surface area contributed by atoms with Crippen molar-refractivity contribution in [2.45, 2.75) is 18.9 Å². The largest absolute Gasteiger partial charge is 0.497 e. The highest BCUT2D eigenvalue weighted by Gasteiger charge is 2.37. The first kappa shape index (κ1) is 16.8. The molecule has 1 saturated carbocycles. The first-order valence-corrected chi connectivity index (χ1v) is 9.37. The minimum absolute atomic E-state index is 0.0727. The summed E-state index contributed by atoms with van der Waals surface area (Å²) in [7, 11) is 3.62. The summed E-state index contributed by atoms with van der Waals surface area (Å²) in [4.78, 5) is 25.0. The van der Waals surface area contributed by atoms with Crippen molar-refractivity contribution in [3.63, 3.8) is 0 Å². The lowest BCUT2D eigenvalue weighted by Gasteiger charge is -2.20. The SMILES string of the molecule is COc1ccc2cc(-c3nccn3C(c3nccn3C)C3CC3)c(=O)[nH]c2c1. The molecule has 142 valence electrons. The quantitative estimate of drug-likeness (QED) is 0.581. The summed E-state index contributed by atoms with van der Waals surface area (Å²) in [6.45, 7) is 0. The van der Waals surface area contributed by atoms with Gasteiger partial charge in [0.1, 0.15) is 17.4 Å². The van der Waals surface area contributed by atoms with Gasteiger partial charge in [0, 0.05) is 37.9 Å². The number of pyridine rings is 1. The average Bonchev–Trinajstić information content (AvgIpc) is 3.27. The number of nitrogens with zero attached hydrogens (tertiary/aromatic N) is 4. The summed E-state index contributed by atoms with van der Waals surface area (Å²) in [6, 6.07) is 7.63. The topological polar surface area (TPSA) is 77.7 Å². The molecule has 0 radical (unpaired) electrons. The number of aromatic amines is 1. The van der Waals surface area contributed by atoms with Crippen LogP contribution in [0.4, 0.5) is 0 Å². The van der Waals surface area contributed by atoms with E-state index in [9.17, 15) is 4.79 Å².